The first-order valence-corrected chi connectivity index (χ1v) is 8.99. The molecule has 1 fully saturated rings. The minimum Gasteiger partial charge on any atom is -0.354 e. The summed E-state index contributed by atoms with van der Waals surface area (Å²) < 4.78 is 2.04. The van der Waals surface area contributed by atoms with Gasteiger partial charge >= 0.3 is 0 Å². The number of aryl methyl sites for hydroxylation is 1. The molecule has 1 aliphatic heterocycles. The molecule has 2 aromatic heterocycles. The van der Waals surface area contributed by atoms with Crippen molar-refractivity contribution >= 4 is 5.95 Å². The molecule has 2 aromatic rings. The van der Waals surface area contributed by atoms with Gasteiger partial charge in [0.1, 0.15) is 0 Å². The van der Waals surface area contributed by atoms with Crippen LogP contribution < -0.4 is 5.32 Å². The van der Waals surface area contributed by atoms with Gasteiger partial charge < -0.3 is 10.2 Å². The summed E-state index contributed by atoms with van der Waals surface area (Å²) in [6.07, 6.45) is 8.56. The number of likely N-dealkylation sites (tertiary alicyclic amines) is 1. The maximum Gasteiger partial charge on any atom is 0.223 e. The Morgan fingerprint density at radius 3 is 3.00 bits per heavy atom. The highest BCUT2D eigenvalue weighted by Crippen LogP contribution is 2.22. The minimum atomic E-state index is 0.690. The van der Waals surface area contributed by atoms with Crippen molar-refractivity contribution in [2.75, 3.05) is 25.5 Å². The molecule has 1 N–H and O–H groups in total. The Kier molecular flexibility index (Phi) is 5.45. The van der Waals surface area contributed by atoms with Crippen molar-refractivity contribution in [2.45, 2.75) is 52.1 Å². The normalized spacial score (nSPS) is 18.2. The highest BCUT2D eigenvalue weighted by Gasteiger charge is 2.20. The molecule has 1 atom stereocenters. The quantitative estimate of drug-likeness (QED) is 0.847. The summed E-state index contributed by atoms with van der Waals surface area (Å²) >= 11 is 0. The summed E-state index contributed by atoms with van der Waals surface area (Å²) in [5.74, 6) is 0.704. The molecule has 0 amide bonds. The molecule has 130 valence electrons. The van der Waals surface area contributed by atoms with Gasteiger partial charge in [-0.05, 0) is 52.3 Å². The summed E-state index contributed by atoms with van der Waals surface area (Å²) in [5.41, 5.74) is 3.18. The van der Waals surface area contributed by atoms with Crippen LogP contribution in [0, 0.1) is 6.92 Å². The average Bonchev–Trinajstić information content (AvgIpc) is 3.15. The number of aromatic nitrogens is 4. The number of rotatable bonds is 7. The van der Waals surface area contributed by atoms with Crippen LogP contribution in [0.5, 0.6) is 0 Å². The largest absolute Gasteiger partial charge is 0.354 e. The number of hydrogen-bond donors (Lipinski definition) is 1. The molecular formula is C18H28N6. The smallest absolute Gasteiger partial charge is 0.223 e. The lowest BCUT2D eigenvalue weighted by atomic mass is 10.1. The van der Waals surface area contributed by atoms with E-state index in [0.717, 1.165) is 42.9 Å². The van der Waals surface area contributed by atoms with Gasteiger partial charge in [-0.2, -0.15) is 5.10 Å². The molecule has 0 bridgehead atoms. The third-order valence-electron chi connectivity index (χ3n) is 4.90. The fourth-order valence-electron chi connectivity index (χ4n) is 3.42. The molecular weight excluding hydrogens is 300 g/mol. The van der Waals surface area contributed by atoms with Crippen LogP contribution in [0.15, 0.2) is 18.5 Å². The first-order valence-electron chi connectivity index (χ1n) is 8.99. The molecule has 0 spiro atoms. The van der Waals surface area contributed by atoms with E-state index in [1.807, 2.05) is 23.1 Å². The number of nitrogens with one attached hydrogen (secondary N) is 1. The second-order valence-electron chi connectivity index (χ2n) is 6.62. The van der Waals surface area contributed by atoms with E-state index in [0.29, 0.717) is 12.0 Å². The second kappa shape index (κ2) is 7.75. The Morgan fingerprint density at radius 1 is 1.38 bits per heavy atom. The Balaban J connectivity index is 1.63. The Bertz CT molecular complexity index is 665. The van der Waals surface area contributed by atoms with Gasteiger partial charge in [0.15, 0.2) is 0 Å². The highest BCUT2D eigenvalue weighted by molar-refractivity contribution is 5.61. The zero-order valence-corrected chi connectivity index (χ0v) is 15.0. The molecule has 24 heavy (non-hydrogen) atoms. The van der Waals surface area contributed by atoms with Crippen LogP contribution in [0.4, 0.5) is 5.95 Å². The molecule has 0 saturated carbocycles. The van der Waals surface area contributed by atoms with Crippen molar-refractivity contribution in [3.05, 3.63) is 24.2 Å². The van der Waals surface area contributed by atoms with Crippen LogP contribution in [0.1, 0.15) is 38.3 Å². The van der Waals surface area contributed by atoms with Crippen LogP contribution in [-0.2, 0) is 6.54 Å². The van der Waals surface area contributed by atoms with E-state index < -0.39 is 0 Å². The van der Waals surface area contributed by atoms with E-state index in [9.17, 15) is 0 Å². The third-order valence-corrected chi connectivity index (χ3v) is 4.90. The summed E-state index contributed by atoms with van der Waals surface area (Å²) in [4.78, 5) is 11.5. The Labute approximate surface area is 144 Å². The van der Waals surface area contributed by atoms with Gasteiger partial charge in [0, 0.05) is 36.6 Å². The van der Waals surface area contributed by atoms with Crippen molar-refractivity contribution in [1.82, 2.24) is 24.6 Å². The molecule has 0 aliphatic carbocycles. The van der Waals surface area contributed by atoms with Gasteiger partial charge in [-0.1, -0.05) is 6.92 Å². The molecule has 1 saturated heterocycles. The van der Waals surface area contributed by atoms with E-state index in [4.69, 9.17) is 0 Å². The SMILES string of the molecule is CCCn1ncc(-c2ccnc(NCCC3CCCN3C)n2)c1C. The average molecular weight is 328 g/mol. The molecule has 0 aromatic carbocycles. The van der Waals surface area contributed by atoms with Crippen molar-refractivity contribution in [3.63, 3.8) is 0 Å². The summed E-state index contributed by atoms with van der Waals surface area (Å²) in [5, 5.41) is 7.84. The van der Waals surface area contributed by atoms with Crippen molar-refractivity contribution < 1.29 is 0 Å². The fraction of sp³-hybridized carbons (Fsp3) is 0.611. The lowest BCUT2D eigenvalue weighted by Gasteiger charge is -2.19. The van der Waals surface area contributed by atoms with E-state index in [-0.39, 0.29) is 0 Å². The number of anilines is 1. The maximum absolute atomic E-state index is 4.67. The summed E-state index contributed by atoms with van der Waals surface area (Å²) in [6, 6.07) is 2.64. The van der Waals surface area contributed by atoms with Gasteiger partial charge in [0.05, 0.1) is 11.9 Å². The first kappa shape index (κ1) is 16.9. The molecule has 3 rings (SSSR count). The Hall–Kier alpha value is -1.95. The monoisotopic (exact) mass is 328 g/mol. The first-order chi connectivity index (χ1) is 11.7. The van der Waals surface area contributed by atoms with Gasteiger partial charge in [-0.25, -0.2) is 9.97 Å². The zero-order valence-electron chi connectivity index (χ0n) is 15.0. The van der Waals surface area contributed by atoms with Crippen LogP contribution >= 0.6 is 0 Å². The maximum atomic E-state index is 4.67. The number of nitrogens with zero attached hydrogens (tertiary/aromatic N) is 5. The van der Waals surface area contributed by atoms with E-state index in [1.165, 1.54) is 19.4 Å². The van der Waals surface area contributed by atoms with Crippen molar-refractivity contribution in [2.24, 2.45) is 0 Å². The Morgan fingerprint density at radius 2 is 2.25 bits per heavy atom. The minimum absolute atomic E-state index is 0.690. The van der Waals surface area contributed by atoms with Crippen LogP contribution in [0.3, 0.4) is 0 Å². The van der Waals surface area contributed by atoms with Crippen LogP contribution in [-0.4, -0.2) is 50.8 Å². The predicted molar refractivity (Wildman–Crippen MR) is 97.0 cm³/mol. The topological polar surface area (TPSA) is 58.9 Å². The van der Waals surface area contributed by atoms with Crippen LogP contribution in [0.25, 0.3) is 11.3 Å². The van der Waals surface area contributed by atoms with Crippen LogP contribution in [0.2, 0.25) is 0 Å². The fourth-order valence-corrected chi connectivity index (χ4v) is 3.42. The number of hydrogen-bond acceptors (Lipinski definition) is 5. The van der Waals surface area contributed by atoms with E-state index in [2.05, 4.69) is 46.2 Å². The van der Waals surface area contributed by atoms with Gasteiger partial charge in [0.25, 0.3) is 0 Å². The second-order valence-corrected chi connectivity index (χ2v) is 6.62. The third kappa shape index (κ3) is 3.75. The molecule has 0 radical (unpaired) electrons. The summed E-state index contributed by atoms with van der Waals surface area (Å²) in [6.45, 7) is 7.33. The highest BCUT2D eigenvalue weighted by atomic mass is 15.3. The molecule has 1 aliphatic rings. The molecule has 1 unspecified atom stereocenters. The van der Waals surface area contributed by atoms with E-state index >= 15 is 0 Å². The van der Waals surface area contributed by atoms with E-state index in [1.54, 1.807) is 0 Å². The molecule has 3 heterocycles. The molecule has 6 nitrogen and oxygen atoms in total. The van der Waals surface area contributed by atoms with Gasteiger partial charge in [-0.15, -0.1) is 0 Å². The lowest BCUT2D eigenvalue weighted by molar-refractivity contribution is 0.301. The standard InChI is InChI=1S/C18H28N6/c1-4-11-24-14(2)16(13-21-24)17-8-10-20-18(22-17)19-9-7-15-6-5-12-23(15)3/h8,10,13,15H,4-7,9,11-12H2,1-3H3,(H,19,20,22). The summed E-state index contributed by atoms with van der Waals surface area (Å²) in [7, 11) is 2.21. The predicted octanol–water partition coefficient (Wildman–Crippen LogP) is 2.95. The molecule has 6 heteroatoms. The lowest BCUT2D eigenvalue weighted by Crippen LogP contribution is -2.27. The van der Waals surface area contributed by atoms with Crippen molar-refractivity contribution in [1.29, 1.82) is 0 Å². The van der Waals surface area contributed by atoms with Crippen molar-refractivity contribution in [3.8, 4) is 11.3 Å². The van der Waals surface area contributed by atoms with Gasteiger partial charge in [-0.3, -0.25) is 4.68 Å². The zero-order chi connectivity index (χ0) is 16.9. The van der Waals surface area contributed by atoms with Gasteiger partial charge in [0.2, 0.25) is 5.95 Å².